The molecule has 4 aromatic rings. The summed E-state index contributed by atoms with van der Waals surface area (Å²) in [4.78, 5) is 7.62. The molecule has 1 N–H and O–H groups in total. The molecule has 0 atom stereocenters. The maximum absolute atomic E-state index is 9.19. The van der Waals surface area contributed by atoms with Gasteiger partial charge < -0.3 is 5.21 Å². The van der Waals surface area contributed by atoms with E-state index in [2.05, 4.69) is 37.5 Å². The van der Waals surface area contributed by atoms with E-state index in [4.69, 9.17) is 0 Å². The van der Waals surface area contributed by atoms with E-state index in [1.807, 2.05) is 49.4 Å². The molecule has 8 heteroatoms. The summed E-state index contributed by atoms with van der Waals surface area (Å²) in [6, 6.07) is 18.0. The Balaban J connectivity index is 0.000000271. The largest absolute Gasteiger partial charge is 0.411 e. The van der Waals surface area contributed by atoms with Gasteiger partial charge in [0.05, 0.1) is 6.54 Å². The first-order valence-electron chi connectivity index (χ1n) is 8.81. The molecule has 28 heavy (non-hydrogen) atoms. The van der Waals surface area contributed by atoms with Crippen LogP contribution in [0.5, 0.6) is 0 Å². The molecule has 2 aromatic heterocycles. The first-order valence-corrected chi connectivity index (χ1v) is 8.81. The second-order valence-electron chi connectivity index (χ2n) is 5.83. The van der Waals surface area contributed by atoms with E-state index in [0.29, 0.717) is 12.3 Å². The topological polar surface area (TPSA) is 94.0 Å². The van der Waals surface area contributed by atoms with Crippen molar-refractivity contribution in [3.63, 3.8) is 0 Å². The Hall–Kier alpha value is -3.81. The first-order chi connectivity index (χ1) is 13.8. The molecule has 4 rings (SSSR count). The van der Waals surface area contributed by atoms with Crippen LogP contribution in [0.3, 0.4) is 0 Å². The van der Waals surface area contributed by atoms with Gasteiger partial charge in [-0.05, 0) is 18.1 Å². The van der Waals surface area contributed by atoms with Crippen molar-refractivity contribution in [2.24, 2.45) is 5.16 Å². The van der Waals surface area contributed by atoms with Gasteiger partial charge in [0.15, 0.2) is 0 Å². The molecule has 2 aromatic carbocycles. The van der Waals surface area contributed by atoms with E-state index in [1.54, 1.807) is 22.0 Å². The molecule has 8 nitrogen and oxygen atoms in total. The minimum Gasteiger partial charge on any atom is -0.411 e. The summed E-state index contributed by atoms with van der Waals surface area (Å²) in [5.74, 6) is 0. The van der Waals surface area contributed by atoms with Gasteiger partial charge in [0.2, 0.25) is 0 Å². The van der Waals surface area contributed by atoms with Crippen LogP contribution >= 0.6 is 0 Å². The number of benzene rings is 2. The molecule has 0 saturated heterocycles. The molecule has 0 amide bonds. The van der Waals surface area contributed by atoms with Gasteiger partial charge in [-0.1, -0.05) is 59.8 Å². The summed E-state index contributed by atoms with van der Waals surface area (Å²) < 4.78 is 3.38. The number of hydrogen-bond donors (Lipinski definition) is 1. The molecule has 2 heterocycles. The van der Waals surface area contributed by atoms with Gasteiger partial charge in [-0.25, -0.2) is 14.6 Å². The summed E-state index contributed by atoms with van der Waals surface area (Å²) in [5.41, 5.74) is 3.67. The number of hydrogen-bond acceptors (Lipinski definition) is 6. The first kappa shape index (κ1) is 19.0. The molecular weight excluding hydrogens is 354 g/mol. The zero-order chi connectivity index (χ0) is 19.6. The monoisotopic (exact) mass is 375 g/mol. The minimum absolute atomic E-state index is 0.376. The quantitative estimate of drug-likeness (QED) is 0.329. The summed E-state index contributed by atoms with van der Waals surface area (Å²) in [6.07, 6.45) is 6.26. The average Bonchev–Trinajstić information content (AvgIpc) is 3.47. The molecule has 0 aliphatic heterocycles. The Morgan fingerprint density at radius 2 is 1.46 bits per heavy atom. The summed E-state index contributed by atoms with van der Waals surface area (Å²) >= 11 is 0. The van der Waals surface area contributed by atoms with Gasteiger partial charge in [0.25, 0.3) is 0 Å². The Morgan fingerprint density at radius 1 is 0.857 bits per heavy atom. The number of rotatable bonds is 5. The molecule has 0 spiro atoms. The highest BCUT2D eigenvalue weighted by molar-refractivity contribution is 6.00. The molecule has 0 saturated carbocycles. The maximum Gasteiger partial charge on any atom is 0.137 e. The van der Waals surface area contributed by atoms with Gasteiger partial charge in [-0.2, -0.15) is 10.2 Å². The van der Waals surface area contributed by atoms with Crippen LogP contribution in [-0.2, 0) is 13.1 Å². The van der Waals surface area contributed by atoms with Crippen molar-refractivity contribution in [1.82, 2.24) is 29.5 Å². The highest BCUT2D eigenvalue weighted by Gasteiger charge is 2.06. The summed E-state index contributed by atoms with van der Waals surface area (Å²) in [5, 5.41) is 20.4. The van der Waals surface area contributed by atoms with Gasteiger partial charge in [-0.15, -0.1) is 0 Å². The Morgan fingerprint density at radius 3 is 1.96 bits per heavy atom. The molecule has 0 unspecified atom stereocenters. The second-order valence-corrected chi connectivity index (χ2v) is 5.83. The highest BCUT2D eigenvalue weighted by atomic mass is 16.4. The summed E-state index contributed by atoms with van der Waals surface area (Å²) in [6.45, 7) is 3.30. The normalized spacial score (nSPS) is 11.0. The van der Waals surface area contributed by atoms with E-state index < -0.39 is 0 Å². The highest BCUT2D eigenvalue weighted by Crippen LogP contribution is 2.19. The number of aromatic nitrogens is 6. The Bertz CT molecular complexity index is 963. The maximum atomic E-state index is 9.19. The lowest BCUT2D eigenvalue weighted by molar-refractivity contribution is 0.317. The van der Waals surface area contributed by atoms with Crippen molar-refractivity contribution in [2.45, 2.75) is 20.0 Å². The number of nitrogens with zero attached hydrogens (tertiary/aromatic N) is 7. The molecule has 0 fully saturated rings. The third-order valence-electron chi connectivity index (χ3n) is 4.01. The van der Waals surface area contributed by atoms with Gasteiger partial charge in [-0.3, -0.25) is 4.68 Å². The lowest BCUT2D eigenvalue weighted by Gasteiger charge is -2.06. The zero-order valence-electron chi connectivity index (χ0n) is 15.5. The van der Waals surface area contributed by atoms with Crippen LogP contribution in [0.15, 0.2) is 85.1 Å². The minimum atomic E-state index is 0.376. The average molecular weight is 375 g/mol. The van der Waals surface area contributed by atoms with Gasteiger partial charge in [0.1, 0.15) is 31.0 Å². The number of aryl methyl sites for hydroxylation is 1. The van der Waals surface area contributed by atoms with E-state index in [-0.39, 0.29) is 0 Å². The van der Waals surface area contributed by atoms with Gasteiger partial charge in [0, 0.05) is 12.1 Å². The van der Waals surface area contributed by atoms with E-state index in [0.717, 1.165) is 23.2 Å². The van der Waals surface area contributed by atoms with Crippen molar-refractivity contribution in [1.29, 1.82) is 0 Å². The van der Waals surface area contributed by atoms with Crippen LogP contribution in [0.4, 0.5) is 0 Å². The fraction of sp³-hybridized carbons (Fsp3) is 0.150. The summed E-state index contributed by atoms with van der Waals surface area (Å²) in [7, 11) is 0. The Kier molecular flexibility index (Phi) is 6.62. The fourth-order valence-corrected chi connectivity index (χ4v) is 2.53. The second kappa shape index (κ2) is 9.77. The fourth-order valence-electron chi connectivity index (χ4n) is 2.53. The lowest BCUT2D eigenvalue weighted by Crippen LogP contribution is -2.12. The smallest absolute Gasteiger partial charge is 0.137 e. The van der Waals surface area contributed by atoms with Crippen LogP contribution in [0.2, 0.25) is 0 Å². The van der Waals surface area contributed by atoms with Crippen LogP contribution in [0.1, 0.15) is 12.5 Å². The zero-order valence-corrected chi connectivity index (χ0v) is 15.5. The molecule has 0 radical (unpaired) electrons. The van der Waals surface area contributed by atoms with E-state index in [9.17, 15) is 5.21 Å². The van der Waals surface area contributed by atoms with Crippen molar-refractivity contribution in [2.75, 3.05) is 0 Å². The van der Waals surface area contributed by atoms with Gasteiger partial charge >= 0.3 is 0 Å². The van der Waals surface area contributed by atoms with Crippen molar-refractivity contribution >= 4 is 5.71 Å². The van der Waals surface area contributed by atoms with Crippen molar-refractivity contribution in [3.8, 4) is 11.1 Å². The molecular formula is C20H21N7O. The van der Waals surface area contributed by atoms with Crippen LogP contribution in [0, 0.1) is 0 Å². The predicted molar refractivity (Wildman–Crippen MR) is 106 cm³/mol. The lowest BCUT2D eigenvalue weighted by atomic mass is 10.0. The predicted octanol–water partition coefficient (Wildman–Crippen LogP) is 3.12. The number of oxime groups is 1. The third kappa shape index (κ3) is 5.10. The van der Waals surface area contributed by atoms with Crippen molar-refractivity contribution < 1.29 is 5.21 Å². The van der Waals surface area contributed by atoms with Crippen LogP contribution in [0.25, 0.3) is 11.1 Å². The third-order valence-corrected chi connectivity index (χ3v) is 4.01. The van der Waals surface area contributed by atoms with E-state index >= 15 is 0 Å². The molecule has 0 aliphatic carbocycles. The molecule has 0 aliphatic rings. The van der Waals surface area contributed by atoms with Crippen molar-refractivity contribution in [3.05, 3.63) is 85.5 Å². The standard InChI is InChI=1S/C16H14N4O.C4H7N3/c21-19-16(10-20-12-17-11-18-20)15-8-6-14(7-9-15)13-4-2-1-3-5-13;1-2-7-4-5-3-6-7/h1-9,11-12,21H,10H2;3-4H,2H2,1H3. The van der Waals surface area contributed by atoms with Crippen LogP contribution in [-0.4, -0.2) is 40.4 Å². The van der Waals surface area contributed by atoms with E-state index in [1.165, 1.54) is 12.7 Å². The molecule has 0 bridgehead atoms. The molecule has 142 valence electrons. The van der Waals surface area contributed by atoms with Crippen LogP contribution < -0.4 is 0 Å². The Labute approximate surface area is 162 Å². The SMILES string of the molecule is CCn1cncn1.ON=C(Cn1cncn1)c1ccc(-c2ccccc2)cc1.